The van der Waals surface area contributed by atoms with Gasteiger partial charge in [-0.3, -0.25) is 4.99 Å². The number of hydrogen-bond donors (Lipinski definition) is 1. The number of benzene rings is 2. The summed E-state index contributed by atoms with van der Waals surface area (Å²) < 4.78 is 0. The van der Waals surface area contributed by atoms with Gasteiger partial charge < -0.3 is 15.1 Å². The monoisotopic (exact) mass is 452 g/mol. The van der Waals surface area contributed by atoms with Crippen LogP contribution in [-0.4, -0.2) is 44.0 Å². The Labute approximate surface area is 169 Å². The van der Waals surface area contributed by atoms with Crippen LogP contribution in [-0.2, 0) is 19.6 Å². The Morgan fingerprint density at radius 3 is 1.96 bits per heavy atom. The van der Waals surface area contributed by atoms with Gasteiger partial charge >= 0.3 is 0 Å². The van der Waals surface area contributed by atoms with Crippen LogP contribution < -0.4 is 5.32 Å². The molecule has 0 aliphatic rings. The van der Waals surface area contributed by atoms with Gasteiger partial charge in [-0.15, -0.1) is 24.0 Å². The zero-order valence-electron chi connectivity index (χ0n) is 15.6. The SMILES string of the molecule is CN=C(NCc1ccc(CN(C)C)cc1)N(C)Cc1ccccc1.I. The van der Waals surface area contributed by atoms with E-state index in [4.69, 9.17) is 0 Å². The topological polar surface area (TPSA) is 30.9 Å². The number of rotatable bonds is 6. The van der Waals surface area contributed by atoms with E-state index in [-0.39, 0.29) is 24.0 Å². The van der Waals surface area contributed by atoms with E-state index >= 15 is 0 Å². The molecule has 0 heterocycles. The lowest BCUT2D eigenvalue weighted by Crippen LogP contribution is -2.38. The third kappa shape index (κ3) is 7.44. The van der Waals surface area contributed by atoms with Gasteiger partial charge in [0, 0.05) is 33.7 Å². The van der Waals surface area contributed by atoms with E-state index in [0.717, 1.165) is 25.6 Å². The number of aliphatic imine (C=N–C) groups is 1. The molecule has 5 heteroatoms. The third-order valence-electron chi connectivity index (χ3n) is 3.81. The molecule has 2 rings (SSSR count). The first kappa shape index (κ1) is 21.4. The van der Waals surface area contributed by atoms with Crippen molar-refractivity contribution in [1.82, 2.24) is 15.1 Å². The number of nitrogens with zero attached hydrogens (tertiary/aromatic N) is 3. The lowest BCUT2D eigenvalue weighted by Gasteiger charge is -2.22. The molecule has 0 amide bonds. The van der Waals surface area contributed by atoms with Crippen LogP contribution in [0.15, 0.2) is 59.6 Å². The Morgan fingerprint density at radius 1 is 0.840 bits per heavy atom. The fourth-order valence-corrected chi connectivity index (χ4v) is 2.63. The molecule has 0 atom stereocenters. The largest absolute Gasteiger partial charge is 0.352 e. The van der Waals surface area contributed by atoms with E-state index in [0.29, 0.717) is 0 Å². The van der Waals surface area contributed by atoms with Crippen molar-refractivity contribution in [2.24, 2.45) is 4.99 Å². The van der Waals surface area contributed by atoms with Gasteiger partial charge in [-0.2, -0.15) is 0 Å². The molecule has 1 N–H and O–H groups in total. The summed E-state index contributed by atoms with van der Waals surface area (Å²) >= 11 is 0. The number of guanidine groups is 1. The molecule has 2 aromatic carbocycles. The second-order valence-electron chi connectivity index (χ2n) is 6.30. The van der Waals surface area contributed by atoms with Crippen molar-refractivity contribution in [3.05, 3.63) is 71.3 Å². The Balaban J connectivity index is 0.00000312. The Morgan fingerprint density at radius 2 is 1.40 bits per heavy atom. The van der Waals surface area contributed by atoms with Crippen LogP contribution in [0.4, 0.5) is 0 Å². The molecular formula is C20H29IN4. The van der Waals surface area contributed by atoms with Crippen LogP contribution in [0.3, 0.4) is 0 Å². The summed E-state index contributed by atoms with van der Waals surface area (Å²) in [6.07, 6.45) is 0. The highest BCUT2D eigenvalue weighted by molar-refractivity contribution is 14.0. The third-order valence-corrected chi connectivity index (χ3v) is 3.81. The molecule has 2 aromatic rings. The maximum absolute atomic E-state index is 4.38. The second-order valence-corrected chi connectivity index (χ2v) is 6.30. The van der Waals surface area contributed by atoms with E-state index in [2.05, 4.69) is 89.8 Å². The quantitative estimate of drug-likeness (QED) is 0.413. The maximum atomic E-state index is 4.38. The highest BCUT2D eigenvalue weighted by Crippen LogP contribution is 2.07. The molecular weight excluding hydrogens is 423 g/mol. The van der Waals surface area contributed by atoms with Gasteiger partial charge in [0.15, 0.2) is 5.96 Å². The van der Waals surface area contributed by atoms with Crippen molar-refractivity contribution in [2.75, 3.05) is 28.2 Å². The van der Waals surface area contributed by atoms with Gasteiger partial charge in [-0.05, 0) is 30.8 Å². The molecule has 0 spiro atoms. The van der Waals surface area contributed by atoms with Gasteiger partial charge in [0.1, 0.15) is 0 Å². The normalized spacial score (nSPS) is 11.2. The molecule has 136 valence electrons. The van der Waals surface area contributed by atoms with Gasteiger partial charge in [0.25, 0.3) is 0 Å². The van der Waals surface area contributed by atoms with E-state index < -0.39 is 0 Å². The number of nitrogens with one attached hydrogen (secondary N) is 1. The molecule has 0 unspecified atom stereocenters. The van der Waals surface area contributed by atoms with Crippen molar-refractivity contribution in [3.8, 4) is 0 Å². The minimum absolute atomic E-state index is 0. The summed E-state index contributed by atoms with van der Waals surface area (Å²) in [5.41, 5.74) is 3.86. The van der Waals surface area contributed by atoms with Gasteiger partial charge in [0.05, 0.1) is 0 Å². The Bertz CT molecular complexity index is 639. The highest BCUT2D eigenvalue weighted by Gasteiger charge is 2.06. The zero-order valence-corrected chi connectivity index (χ0v) is 17.9. The standard InChI is InChI=1S/C20H28N4.HI/c1-21-20(24(4)16-18-8-6-5-7-9-18)22-14-17-10-12-19(13-11-17)15-23(2)3;/h5-13H,14-16H2,1-4H3,(H,21,22);1H. The van der Waals surface area contributed by atoms with Crippen molar-refractivity contribution in [1.29, 1.82) is 0 Å². The predicted molar refractivity (Wildman–Crippen MR) is 117 cm³/mol. The minimum Gasteiger partial charge on any atom is -0.352 e. The summed E-state index contributed by atoms with van der Waals surface area (Å²) in [4.78, 5) is 8.69. The van der Waals surface area contributed by atoms with E-state index in [9.17, 15) is 0 Å². The fourth-order valence-electron chi connectivity index (χ4n) is 2.63. The first-order valence-electron chi connectivity index (χ1n) is 8.26. The highest BCUT2D eigenvalue weighted by atomic mass is 127. The summed E-state index contributed by atoms with van der Waals surface area (Å²) in [6.45, 7) is 2.57. The predicted octanol–water partition coefficient (Wildman–Crippen LogP) is 3.57. The minimum atomic E-state index is 0. The Hall–Kier alpha value is -1.60. The molecule has 0 aliphatic heterocycles. The second kappa shape index (κ2) is 11.1. The maximum Gasteiger partial charge on any atom is 0.193 e. The number of hydrogen-bond acceptors (Lipinski definition) is 2. The summed E-state index contributed by atoms with van der Waals surface area (Å²) in [7, 11) is 8.05. The summed E-state index contributed by atoms with van der Waals surface area (Å²) in [5, 5.41) is 3.43. The lowest BCUT2D eigenvalue weighted by molar-refractivity contribution is 0.402. The van der Waals surface area contributed by atoms with Crippen LogP contribution in [0.2, 0.25) is 0 Å². The van der Waals surface area contributed by atoms with Crippen LogP contribution in [0.25, 0.3) is 0 Å². The Kier molecular flexibility index (Phi) is 9.52. The molecule has 4 nitrogen and oxygen atoms in total. The van der Waals surface area contributed by atoms with Gasteiger partial charge in [-0.1, -0.05) is 54.6 Å². The smallest absolute Gasteiger partial charge is 0.193 e. The average Bonchev–Trinajstić information content (AvgIpc) is 2.57. The lowest BCUT2D eigenvalue weighted by atomic mass is 10.1. The molecule has 0 aromatic heterocycles. The summed E-state index contributed by atoms with van der Waals surface area (Å²) in [5.74, 6) is 0.899. The van der Waals surface area contributed by atoms with E-state index in [1.165, 1.54) is 16.7 Å². The van der Waals surface area contributed by atoms with Gasteiger partial charge in [0.2, 0.25) is 0 Å². The molecule has 0 saturated carbocycles. The average molecular weight is 452 g/mol. The molecule has 0 aliphatic carbocycles. The zero-order chi connectivity index (χ0) is 17.4. The van der Waals surface area contributed by atoms with Crippen LogP contribution in [0.1, 0.15) is 16.7 Å². The van der Waals surface area contributed by atoms with E-state index in [1.54, 1.807) is 0 Å². The van der Waals surface area contributed by atoms with Crippen molar-refractivity contribution in [3.63, 3.8) is 0 Å². The summed E-state index contributed by atoms with van der Waals surface area (Å²) in [6, 6.07) is 19.2. The molecule has 0 saturated heterocycles. The first-order chi connectivity index (χ1) is 11.6. The number of halogens is 1. The van der Waals surface area contributed by atoms with Crippen molar-refractivity contribution < 1.29 is 0 Å². The van der Waals surface area contributed by atoms with Crippen molar-refractivity contribution in [2.45, 2.75) is 19.6 Å². The van der Waals surface area contributed by atoms with E-state index in [1.807, 2.05) is 13.1 Å². The molecule has 0 fully saturated rings. The molecule has 0 bridgehead atoms. The molecule has 25 heavy (non-hydrogen) atoms. The van der Waals surface area contributed by atoms with Crippen molar-refractivity contribution >= 4 is 29.9 Å². The van der Waals surface area contributed by atoms with Crippen LogP contribution in [0.5, 0.6) is 0 Å². The van der Waals surface area contributed by atoms with Gasteiger partial charge in [-0.25, -0.2) is 0 Å². The van der Waals surface area contributed by atoms with Crippen LogP contribution in [0, 0.1) is 0 Å². The fraction of sp³-hybridized carbons (Fsp3) is 0.350. The molecule has 0 radical (unpaired) electrons. The van der Waals surface area contributed by atoms with Crippen LogP contribution >= 0.6 is 24.0 Å². The first-order valence-corrected chi connectivity index (χ1v) is 8.26.